The third-order valence-corrected chi connectivity index (χ3v) is 7.04. The lowest BCUT2D eigenvalue weighted by Gasteiger charge is -2.42. The average Bonchev–Trinajstić information content (AvgIpc) is 3.28. The van der Waals surface area contributed by atoms with Crippen LogP contribution in [0.25, 0.3) is 5.65 Å². The van der Waals surface area contributed by atoms with E-state index in [1.807, 2.05) is 42.8 Å². The van der Waals surface area contributed by atoms with E-state index in [0.717, 1.165) is 48.6 Å². The van der Waals surface area contributed by atoms with Gasteiger partial charge in [0.2, 0.25) is 0 Å². The Morgan fingerprint density at radius 3 is 2.59 bits per heavy atom. The first-order chi connectivity index (χ1) is 15.5. The minimum absolute atomic E-state index is 0.0101. The maximum absolute atomic E-state index is 12.3. The number of hydrogen-bond acceptors (Lipinski definition) is 5. The number of aromatic nitrogens is 3. The Kier molecular flexibility index (Phi) is 5.25. The lowest BCUT2D eigenvalue weighted by Crippen LogP contribution is -2.53. The molecular weight excluding hydrogens is 404 g/mol. The number of nitrogens with zero attached hydrogens (tertiary/aromatic N) is 4. The summed E-state index contributed by atoms with van der Waals surface area (Å²) in [5, 5.41) is 2.64. The first-order valence-corrected chi connectivity index (χ1v) is 11.4. The van der Waals surface area contributed by atoms with E-state index in [4.69, 9.17) is 0 Å². The number of pyridine rings is 1. The molecule has 5 rings (SSSR count). The molecule has 1 amide bonds. The Morgan fingerprint density at radius 1 is 1.19 bits per heavy atom. The zero-order valence-electron chi connectivity index (χ0n) is 18.9. The summed E-state index contributed by atoms with van der Waals surface area (Å²) in [5.41, 5.74) is 5.34. The van der Waals surface area contributed by atoms with Crippen LogP contribution in [0, 0.1) is 6.92 Å². The Balaban J connectivity index is 1.35. The van der Waals surface area contributed by atoms with Crippen LogP contribution in [0.2, 0.25) is 0 Å². The van der Waals surface area contributed by atoms with E-state index in [1.165, 1.54) is 18.4 Å². The van der Waals surface area contributed by atoms with Gasteiger partial charge in [0.25, 0.3) is 11.5 Å². The molecular formula is C24H30N6O2. The number of H-pyrrole nitrogens is 1. The third kappa shape index (κ3) is 3.48. The van der Waals surface area contributed by atoms with Crippen molar-refractivity contribution in [3.8, 4) is 0 Å². The number of aryl methyl sites for hydroxylation is 2. The highest BCUT2D eigenvalue weighted by Gasteiger charge is 2.40. The second-order valence-corrected chi connectivity index (χ2v) is 8.90. The molecule has 2 fully saturated rings. The van der Waals surface area contributed by atoms with Crippen LogP contribution in [0.15, 0.2) is 35.4 Å². The van der Waals surface area contributed by atoms with Crippen molar-refractivity contribution in [2.24, 2.45) is 0 Å². The fourth-order valence-electron chi connectivity index (χ4n) is 5.32. The molecule has 5 heterocycles. The molecule has 168 valence electrons. The van der Waals surface area contributed by atoms with Gasteiger partial charge in [-0.05, 0) is 44.4 Å². The number of anilines is 1. The van der Waals surface area contributed by atoms with E-state index in [1.54, 1.807) is 7.05 Å². The van der Waals surface area contributed by atoms with Crippen molar-refractivity contribution in [2.75, 3.05) is 25.0 Å². The topological polar surface area (TPSA) is 85.7 Å². The minimum Gasteiger partial charge on any atom is -0.367 e. The van der Waals surface area contributed by atoms with Gasteiger partial charge < -0.3 is 19.6 Å². The van der Waals surface area contributed by atoms with Crippen LogP contribution >= 0.6 is 0 Å². The van der Waals surface area contributed by atoms with E-state index < -0.39 is 0 Å². The van der Waals surface area contributed by atoms with Crippen LogP contribution in [0.4, 0.5) is 5.69 Å². The second-order valence-electron chi connectivity index (χ2n) is 8.90. The number of fused-ring (bicyclic) bond motifs is 3. The molecule has 8 heteroatoms. The number of carbonyl (C=O) groups is 1. The van der Waals surface area contributed by atoms with Gasteiger partial charge in [0.15, 0.2) is 0 Å². The average molecular weight is 435 g/mol. The molecule has 2 aliphatic rings. The fraction of sp³-hybridized carbons (Fsp3) is 0.458. The lowest BCUT2D eigenvalue weighted by molar-refractivity contribution is 0.0958. The first kappa shape index (κ1) is 20.8. The van der Waals surface area contributed by atoms with Crippen LogP contribution in [0.1, 0.15) is 47.1 Å². The molecule has 0 saturated carbocycles. The number of aromatic amines is 1. The molecule has 2 N–H and O–H groups in total. The van der Waals surface area contributed by atoms with Crippen molar-refractivity contribution in [1.82, 2.24) is 24.6 Å². The Labute approximate surface area is 187 Å². The standard InChI is InChI=1S/C24H30N6O2/c1-4-16-11-28-10-9-17(22(28)27-23(16)31)12-30-18-5-6-19(30)14-29(13-18)21-8-7-20(24(32)25-3)26-15(21)2/h7-11,18-19H,4-6,12-14H2,1-3H3,(H,25,32)(H,27,31). The zero-order chi connectivity index (χ0) is 22.4. The number of carbonyl (C=O) groups excluding carboxylic acids is 1. The molecule has 0 aliphatic carbocycles. The molecule has 2 aliphatic heterocycles. The summed E-state index contributed by atoms with van der Waals surface area (Å²) in [5.74, 6) is -0.159. The molecule has 3 aromatic heterocycles. The van der Waals surface area contributed by atoms with E-state index in [9.17, 15) is 9.59 Å². The molecule has 0 radical (unpaired) electrons. The van der Waals surface area contributed by atoms with Crippen molar-refractivity contribution in [3.05, 3.63) is 63.5 Å². The summed E-state index contributed by atoms with van der Waals surface area (Å²) in [7, 11) is 1.62. The van der Waals surface area contributed by atoms with E-state index in [-0.39, 0.29) is 11.5 Å². The van der Waals surface area contributed by atoms with Gasteiger partial charge in [-0.25, -0.2) is 4.98 Å². The van der Waals surface area contributed by atoms with Gasteiger partial charge in [0.05, 0.1) is 11.4 Å². The summed E-state index contributed by atoms with van der Waals surface area (Å²) >= 11 is 0. The van der Waals surface area contributed by atoms with Crippen molar-refractivity contribution in [2.45, 2.75) is 51.7 Å². The van der Waals surface area contributed by atoms with Crippen molar-refractivity contribution < 1.29 is 4.79 Å². The highest BCUT2D eigenvalue weighted by Crippen LogP contribution is 2.35. The monoisotopic (exact) mass is 434 g/mol. The van der Waals surface area contributed by atoms with Crippen LogP contribution in [-0.4, -0.2) is 57.4 Å². The molecule has 32 heavy (non-hydrogen) atoms. The van der Waals surface area contributed by atoms with Crippen LogP contribution in [-0.2, 0) is 13.0 Å². The van der Waals surface area contributed by atoms with Gasteiger partial charge >= 0.3 is 0 Å². The first-order valence-electron chi connectivity index (χ1n) is 11.4. The van der Waals surface area contributed by atoms with Gasteiger partial charge in [0, 0.05) is 62.3 Å². The third-order valence-electron chi connectivity index (χ3n) is 7.04. The highest BCUT2D eigenvalue weighted by molar-refractivity contribution is 5.92. The number of rotatable bonds is 5. The van der Waals surface area contributed by atoms with E-state index in [0.29, 0.717) is 17.8 Å². The molecule has 0 spiro atoms. The number of nitrogens with one attached hydrogen (secondary N) is 2. The smallest absolute Gasteiger partial charge is 0.269 e. The molecule has 0 aromatic carbocycles. The predicted molar refractivity (Wildman–Crippen MR) is 124 cm³/mol. The van der Waals surface area contributed by atoms with Gasteiger partial charge in [-0.3, -0.25) is 14.5 Å². The molecule has 2 bridgehead atoms. The Bertz CT molecular complexity index is 1210. The SMILES string of the molecule is CCc1cn2ccc(CN3C4CCC3CN(c3ccc(C(=O)NC)nc3C)C4)c2[nH]c1=O. The van der Waals surface area contributed by atoms with Crippen LogP contribution in [0.3, 0.4) is 0 Å². The quantitative estimate of drug-likeness (QED) is 0.642. The van der Waals surface area contributed by atoms with Gasteiger partial charge in [-0.1, -0.05) is 6.92 Å². The number of hydrogen-bond donors (Lipinski definition) is 2. The maximum Gasteiger partial charge on any atom is 0.269 e. The molecule has 2 unspecified atom stereocenters. The summed E-state index contributed by atoms with van der Waals surface area (Å²) in [6, 6.07) is 6.89. The fourth-order valence-corrected chi connectivity index (χ4v) is 5.32. The minimum atomic E-state index is -0.159. The lowest BCUT2D eigenvalue weighted by atomic mass is 10.1. The van der Waals surface area contributed by atoms with Crippen LogP contribution in [0.5, 0.6) is 0 Å². The Morgan fingerprint density at radius 2 is 1.94 bits per heavy atom. The summed E-state index contributed by atoms with van der Waals surface area (Å²) in [4.78, 5) is 36.9. The van der Waals surface area contributed by atoms with Gasteiger partial charge in [-0.15, -0.1) is 0 Å². The zero-order valence-corrected chi connectivity index (χ0v) is 18.9. The van der Waals surface area contributed by atoms with Crippen LogP contribution < -0.4 is 15.8 Å². The predicted octanol–water partition coefficient (Wildman–Crippen LogP) is 2.11. The molecule has 2 saturated heterocycles. The number of piperazine rings is 1. The normalized spacial score (nSPS) is 20.8. The largest absolute Gasteiger partial charge is 0.367 e. The van der Waals surface area contributed by atoms with Gasteiger partial charge in [0.1, 0.15) is 11.3 Å². The Hall–Kier alpha value is -3.13. The summed E-state index contributed by atoms with van der Waals surface area (Å²) in [6.45, 7) is 6.71. The molecule has 8 nitrogen and oxygen atoms in total. The maximum atomic E-state index is 12.3. The summed E-state index contributed by atoms with van der Waals surface area (Å²) < 4.78 is 2.04. The summed E-state index contributed by atoms with van der Waals surface area (Å²) in [6.07, 6.45) is 7.06. The van der Waals surface area contributed by atoms with Crippen molar-refractivity contribution in [1.29, 1.82) is 0 Å². The van der Waals surface area contributed by atoms with E-state index in [2.05, 4.69) is 31.2 Å². The van der Waals surface area contributed by atoms with E-state index >= 15 is 0 Å². The highest BCUT2D eigenvalue weighted by atomic mass is 16.1. The molecule has 2 atom stereocenters. The molecule has 3 aromatic rings. The van der Waals surface area contributed by atoms with Gasteiger partial charge in [-0.2, -0.15) is 0 Å². The second kappa shape index (κ2) is 8.09. The number of amides is 1. The van der Waals surface area contributed by atoms with Crippen molar-refractivity contribution in [3.63, 3.8) is 0 Å². The van der Waals surface area contributed by atoms with Crippen molar-refractivity contribution >= 4 is 17.2 Å².